The Morgan fingerprint density at radius 1 is 1.20 bits per heavy atom. The molecular weight excluding hydrogens is 252 g/mol. The molecule has 0 spiro atoms. The van der Waals surface area contributed by atoms with Gasteiger partial charge in [-0.1, -0.05) is 0 Å². The molecule has 3 heterocycles. The maximum atomic E-state index is 5.59. The van der Waals surface area contributed by atoms with E-state index in [-0.39, 0.29) is 0 Å². The maximum absolute atomic E-state index is 5.59. The fourth-order valence-corrected chi connectivity index (χ4v) is 2.07. The van der Waals surface area contributed by atoms with E-state index >= 15 is 0 Å². The van der Waals surface area contributed by atoms with E-state index in [1.165, 1.54) is 5.56 Å². The standard InChI is InChI=1S/C14H16N6/c1-19(9-11-4-6-16-7-5-11)14-3-2-13-17-12(8-15)10-20(13)18-14/h2-7,10H,8-9,15H2,1H3. The summed E-state index contributed by atoms with van der Waals surface area (Å²) >= 11 is 0. The van der Waals surface area contributed by atoms with Gasteiger partial charge >= 0.3 is 0 Å². The fraction of sp³-hybridized carbons (Fsp3) is 0.214. The summed E-state index contributed by atoms with van der Waals surface area (Å²) in [7, 11) is 2.01. The van der Waals surface area contributed by atoms with E-state index in [0.717, 1.165) is 23.7 Å². The molecule has 0 fully saturated rings. The zero-order valence-corrected chi connectivity index (χ0v) is 11.3. The minimum absolute atomic E-state index is 0.422. The number of anilines is 1. The molecule has 102 valence electrons. The minimum atomic E-state index is 0.422. The number of pyridine rings is 1. The Kier molecular flexibility index (Phi) is 3.30. The SMILES string of the molecule is CN(Cc1ccncc1)c1ccc2nc(CN)cn2n1. The van der Waals surface area contributed by atoms with E-state index in [9.17, 15) is 0 Å². The van der Waals surface area contributed by atoms with Crippen molar-refractivity contribution in [1.29, 1.82) is 0 Å². The van der Waals surface area contributed by atoms with Crippen LogP contribution in [-0.4, -0.2) is 26.6 Å². The van der Waals surface area contributed by atoms with Crippen LogP contribution in [0.3, 0.4) is 0 Å². The van der Waals surface area contributed by atoms with Gasteiger partial charge in [-0.15, -0.1) is 5.10 Å². The Morgan fingerprint density at radius 3 is 2.75 bits per heavy atom. The molecule has 0 saturated heterocycles. The highest BCUT2D eigenvalue weighted by Gasteiger charge is 2.07. The van der Waals surface area contributed by atoms with Crippen LogP contribution in [0.2, 0.25) is 0 Å². The van der Waals surface area contributed by atoms with Crippen molar-refractivity contribution in [2.24, 2.45) is 5.73 Å². The molecule has 6 nitrogen and oxygen atoms in total. The lowest BCUT2D eigenvalue weighted by Crippen LogP contribution is -2.18. The van der Waals surface area contributed by atoms with Crippen molar-refractivity contribution < 1.29 is 0 Å². The summed E-state index contributed by atoms with van der Waals surface area (Å²) < 4.78 is 1.76. The first kappa shape index (κ1) is 12.6. The molecule has 0 radical (unpaired) electrons. The zero-order valence-electron chi connectivity index (χ0n) is 11.3. The molecule has 3 aromatic rings. The molecule has 20 heavy (non-hydrogen) atoms. The highest BCUT2D eigenvalue weighted by molar-refractivity contribution is 5.46. The van der Waals surface area contributed by atoms with E-state index in [1.807, 2.05) is 37.5 Å². The third-order valence-electron chi connectivity index (χ3n) is 3.13. The monoisotopic (exact) mass is 268 g/mol. The van der Waals surface area contributed by atoms with Crippen molar-refractivity contribution in [3.8, 4) is 0 Å². The Morgan fingerprint density at radius 2 is 2.00 bits per heavy atom. The average molecular weight is 268 g/mol. The first-order valence-corrected chi connectivity index (χ1v) is 6.41. The van der Waals surface area contributed by atoms with Crippen LogP contribution in [0.1, 0.15) is 11.3 Å². The highest BCUT2D eigenvalue weighted by atomic mass is 15.3. The Bertz CT molecular complexity index is 706. The van der Waals surface area contributed by atoms with Gasteiger partial charge < -0.3 is 10.6 Å². The van der Waals surface area contributed by atoms with Gasteiger partial charge in [-0.3, -0.25) is 4.98 Å². The highest BCUT2D eigenvalue weighted by Crippen LogP contribution is 2.13. The molecule has 0 atom stereocenters. The maximum Gasteiger partial charge on any atom is 0.153 e. The van der Waals surface area contributed by atoms with Crippen molar-refractivity contribution in [3.05, 3.63) is 54.1 Å². The summed E-state index contributed by atoms with van der Waals surface area (Å²) in [5, 5.41) is 4.55. The van der Waals surface area contributed by atoms with Crippen LogP contribution in [0.5, 0.6) is 0 Å². The van der Waals surface area contributed by atoms with Crippen LogP contribution in [-0.2, 0) is 13.1 Å². The summed E-state index contributed by atoms with van der Waals surface area (Å²) in [4.78, 5) is 10.5. The molecule has 0 aliphatic carbocycles. The number of nitrogens with two attached hydrogens (primary N) is 1. The number of nitrogens with zero attached hydrogens (tertiary/aromatic N) is 5. The van der Waals surface area contributed by atoms with E-state index in [2.05, 4.69) is 20.0 Å². The molecule has 2 N–H and O–H groups in total. The van der Waals surface area contributed by atoms with Crippen molar-refractivity contribution in [3.63, 3.8) is 0 Å². The molecule has 0 unspecified atom stereocenters. The number of hydrogen-bond donors (Lipinski definition) is 1. The largest absolute Gasteiger partial charge is 0.354 e. The lowest BCUT2D eigenvalue weighted by molar-refractivity contribution is 0.839. The van der Waals surface area contributed by atoms with Gasteiger partial charge in [0.2, 0.25) is 0 Å². The fourth-order valence-electron chi connectivity index (χ4n) is 2.07. The first-order chi connectivity index (χ1) is 9.76. The average Bonchev–Trinajstić information content (AvgIpc) is 2.90. The topological polar surface area (TPSA) is 72.3 Å². The zero-order chi connectivity index (χ0) is 13.9. The van der Waals surface area contributed by atoms with Gasteiger partial charge in [0.1, 0.15) is 5.82 Å². The summed E-state index contributed by atoms with van der Waals surface area (Å²) in [5.41, 5.74) is 8.44. The van der Waals surface area contributed by atoms with E-state index in [4.69, 9.17) is 5.73 Å². The predicted octanol–water partition coefficient (Wildman–Crippen LogP) is 1.22. The van der Waals surface area contributed by atoms with E-state index in [1.54, 1.807) is 16.9 Å². The van der Waals surface area contributed by atoms with Gasteiger partial charge in [-0.05, 0) is 29.8 Å². The number of hydrogen-bond acceptors (Lipinski definition) is 5. The molecule has 0 aliphatic heterocycles. The summed E-state index contributed by atoms with van der Waals surface area (Å²) in [6.07, 6.45) is 5.45. The van der Waals surface area contributed by atoms with Crippen molar-refractivity contribution in [2.75, 3.05) is 11.9 Å². The molecule has 0 aromatic carbocycles. The second-order valence-electron chi connectivity index (χ2n) is 4.64. The van der Waals surface area contributed by atoms with Gasteiger partial charge in [-0.25, -0.2) is 9.50 Å². The molecule has 0 saturated carbocycles. The van der Waals surface area contributed by atoms with E-state index < -0.39 is 0 Å². The van der Waals surface area contributed by atoms with Gasteiger partial charge in [0.05, 0.1) is 11.9 Å². The van der Waals surface area contributed by atoms with Crippen LogP contribution >= 0.6 is 0 Å². The minimum Gasteiger partial charge on any atom is -0.354 e. The Labute approximate surface area is 116 Å². The lowest BCUT2D eigenvalue weighted by atomic mass is 10.2. The van der Waals surface area contributed by atoms with Crippen LogP contribution in [0.25, 0.3) is 5.65 Å². The second kappa shape index (κ2) is 5.26. The van der Waals surface area contributed by atoms with Crippen LogP contribution < -0.4 is 10.6 Å². The van der Waals surface area contributed by atoms with Crippen LogP contribution in [0.15, 0.2) is 42.9 Å². The Hall–Kier alpha value is -2.47. The first-order valence-electron chi connectivity index (χ1n) is 6.41. The molecule has 0 bridgehead atoms. The molecular formula is C14H16N6. The van der Waals surface area contributed by atoms with Crippen LogP contribution in [0, 0.1) is 0 Å². The second-order valence-corrected chi connectivity index (χ2v) is 4.64. The van der Waals surface area contributed by atoms with Gasteiger partial charge in [0, 0.05) is 32.5 Å². The number of rotatable bonds is 4. The van der Waals surface area contributed by atoms with Gasteiger partial charge in [0.15, 0.2) is 5.65 Å². The normalized spacial score (nSPS) is 10.9. The van der Waals surface area contributed by atoms with Crippen molar-refractivity contribution in [1.82, 2.24) is 19.6 Å². The third-order valence-corrected chi connectivity index (χ3v) is 3.13. The quantitative estimate of drug-likeness (QED) is 0.770. The Balaban J connectivity index is 1.85. The summed E-state index contributed by atoms with van der Waals surface area (Å²) in [6, 6.07) is 7.91. The number of aromatic nitrogens is 4. The number of imidazole rings is 1. The number of fused-ring (bicyclic) bond motifs is 1. The van der Waals surface area contributed by atoms with Crippen LogP contribution in [0.4, 0.5) is 5.82 Å². The van der Waals surface area contributed by atoms with Gasteiger partial charge in [0.25, 0.3) is 0 Å². The molecule has 6 heteroatoms. The van der Waals surface area contributed by atoms with Crippen molar-refractivity contribution >= 4 is 11.5 Å². The van der Waals surface area contributed by atoms with Gasteiger partial charge in [-0.2, -0.15) is 0 Å². The third kappa shape index (κ3) is 2.46. The molecule has 0 aliphatic rings. The molecule has 3 rings (SSSR count). The van der Waals surface area contributed by atoms with E-state index in [0.29, 0.717) is 6.54 Å². The lowest BCUT2D eigenvalue weighted by Gasteiger charge is -2.17. The smallest absolute Gasteiger partial charge is 0.153 e. The summed E-state index contributed by atoms with van der Waals surface area (Å²) in [5.74, 6) is 0.885. The summed E-state index contributed by atoms with van der Waals surface area (Å²) in [6.45, 7) is 1.20. The molecule has 3 aromatic heterocycles. The predicted molar refractivity (Wildman–Crippen MR) is 77.2 cm³/mol. The molecule has 0 amide bonds. The van der Waals surface area contributed by atoms with Crippen molar-refractivity contribution in [2.45, 2.75) is 13.1 Å².